The average Bonchev–Trinajstić information content (AvgIpc) is 2.93. The highest BCUT2D eigenvalue weighted by molar-refractivity contribution is 5.79. The Balaban J connectivity index is 1.43. The fraction of sp³-hybridized carbons (Fsp3) is 0.778. The lowest BCUT2D eigenvalue weighted by Gasteiger charge is -2.33. The van der Waals surface area contributed by atoms with E-state index in [1.54, 1.807) is 0 Å². The van der Waals surface area contributed by atoms with Crippen LogP contribution in [0.25, 0.3) is 0 Å². The van der Waals surface area contributed by atoms with Crippen LogP contribution in [0.2, 0.25) is 0 Å². The summed E-state index contributed by atoms with van der Waals surface area (Å²) in [4.78, 5) is 19.3. The van der Waals surface area contributed by atoms with Crippen molar-refractivity contribution in [3.8, 4) is 0 Å². The number of nitrogens with one attached hydrogen (secondary N) is 1. The Morgan fingerprint density at radius 2 is 2.09 bits per heavy atom. The molecule has 2 fully saturated rings. The summed E-state index contributed by atoms with van der Waals surface area (Å²) in [5.41, 5.74) is 0. The van der Waals surface area contributed by atoms with Crippen LogP contribution >= 0.6 is 0 Å². The summed E-state index contributed by atoms with van der Waals surface area (Å²) in [6, 6.07) is 0.414. The first-order valence-corrected chi connectivity index (χ1v) is 9.10. The van der Waals surface area contributed by atoms with Crippen molar-refractivity contribution in [3.05, 3.63) is 18.2 Å². The number of rotatable bonds is 4. The van der Waals surface area contributed by atoms with Crippen molar-refractivity contribution in [1.29, 1.82) is 0 Å². The Hall–Kier alpha value is -1.36. The van der Waals surface area contributed by atoms with Crippen LogP contribution in [0.3, 0.4) is 0 Å². The topological polar surface area (TPSA) is 50.2 Å². The molecule has 2 heterocycles. The third-order valence-electron chi connectivity index (χ3n) is 5.53. The maximum Gasteiger partial charge on any atom is 0.223 e. The minimum absolute atomic E-state index is 0.199. The van der Waals surface area contributed by atoms with Crippen molar-refractivity contribution in [3.63, 3.8) is 0 Å². The zero-order valence-electron chi connectivity index (χ0n) is 14.5. The summed E-state index contributed by atoms with van der Waals surface area (Å²) < 4.78 is 2.07. The van der Waals surface area contributed by atoms with Crippen LogP contribution < -0.4 is 5.32 Å². The van der Waals surface area contributed by atoms with Crippen molar-refractivity contribution in [2.24, 2.45) is 18.9 Å². The van der Waals surface area contributed by atoms with Crippen molar-refractivity contribution in [2.75, 3.05) is 13.1 Å². The standard InChI is InChI=1S/C18H30N4O/c1-14-4-3-5-16(12-14)20-18(23)15-6-9-22(10-7-15)13-17-19-8-11-21(17)2/h8,11,14-16H,3-7,9-10,12-13H2,1-2H3,(H,20,23)/t14-,16-/m0/s1. The van der Waals surface area contributed by atoms with Crippen LogP contribution in [0.4, 0.5) is 0 Å². The molecule has 128 valence electrons. The van der Waals surface area contributed by atoms with Gasteiger partial charge in [0.05, 0.1) is 6.54 Å². The van der Waals surface area contributed by atoms with E-state index in [1.165, 1.54) is 12.8 Å². The van der Waals surface area contributed by atoms with Gasteiger partial charge in [-0.3, -0.25) is 9.69 Å². The van der Waals surface area contributed by atoms with E-state index in [2.05, 4.69) is 26.7 Å². The zero-order chi connectivity index (χ0) is 16.2. The molecule has 2 atom stereocenters. The number of nitrogens with zero attached hydrogens (tertiary/aromatic N) is 3. The lowest BCUT2D eigenvalue weighted by Crippen LogP contribution is -2.45. The normalized spacial score (nSPS) is 27.0. The first-order valence-electron chi connectivity index (χ1n) is 9.10. The molecule has 1 aliphatic carbocycles. The predicted octanol–water partition coefficient (Wildman–Crippen LogP) is 2.33. The summed E-state index contributed by atoms with van der Waals surface area (Å²) in [6.45, 7) is 5.17. The second kappa shape index (κ2) is 7.47. The van der Waals surface area contributed by atoms with E-state index in [4.69, 9.17) is 0 Å². The van der Waals surface area contributed by atoms with Crippen molar-refractivity contribution < 1.29 is 4.79 Å². The third-order valence-corrected chi connectivity index (χ3v) is 5.53. The van der Waals surface area contributed by atoms with Gasteiger partial charge in [0.15, 0.2) is 0 Å². The highest BCUT2D eigenvalue weighted by Gasteiger charge is 2.28. The Labute approximate surface area is 139 Å². The van der Waals surface area contributed by atoms with E-state index in [1.807, 2.05) is 19.4 Å². The number of piperidine rings is 1. The smallest absolute Gasteiger partial charge is 0.223 e. The SMILES string of the molecule is C[C@H]1CCC[C@H](NC(=O)C2CCN(Cc3nccn3C)CC2)C1. The summed E-state index contributed by atoms with van der Waals surface area (Å²) in [7, 11) is 2.04. The monoisotopic (exact) mass is 318 g/mol. The van der Waals surface area contributed by atoms with Gasteiger partial charge in [-0.05, 0) is 44.7 Å². The van der Waals surface area contributed by atoms with Gasteiger partial charge in [-0.25, -0.2) is 4.98 Å². The molecule has 0 bridgehead atoms. The van der Waals surface area contributed by atoms with Crippen LogP contribution in [0, 0.1) is 11.8 Å². The average molecular weight is 318 g/mol. The van der Waals surface area contributed by atoms with Gasteiger partial charge in [0.2, 0.25) is 5.91 Å². The molecule has 23 heavy (non-hydrogen) atoms. The van der Waals surface area contributed by atoms with Crippen LogP contribution in [-0.4, -0.2) is 39.5 Å². The first-order chi connectivity index (χ1) is 11.1. The molecule has 5 nitrogen and oxygen atoms in total. The third kappa shape index (κ3) is 4.34. The van der Waals surface area contributed by atoms with E-state index < -0.39 is 0 Å². The van der Waals surface area contributed by atoms with Gasteiger partial charge in [-0.2, -0.15) is 0 Å². The number of likely N-dealkylation sites (tertiary alicyclic amines) is 1. The molecule has 2 aliphatic rings. The Morgan fingerprint density at radius 3 is 2.74 bits per heavy atom. The molecule has 0 radical (unpaired) electrons. The second-order valence-electron chi connectivity index (χ2n) is 7.48. The van der Waals surface area contributed by atoms with E-state index in [0.717, 1.165) is 57.1 Å². The summed E-state index contributed by atoms with van der Waals surface area (Å²) >= 11 is 0. The maximum atomic E-state index is 12.5. The van der Waals surface area contributed by atoms with E-state index in [9.17, 15) is 4.79 Å². The molecular weight excluding hydrogens is 288 g/mol. The van der Waals surface area contributed by atoms with Gasteiger partial charge >= 0.3 is 0 Å². The molecule has 5 heteroatoms. The van der Waals surface area contributed by atoms with Crippen LogP contribution in [-0.2, 0) is 18.4 Å². The minimum Gasteiger partial charge on any atom is -0.353 e. The number of amides is 1. The highest BCUT2D eigenvalue weighted by atomic mass is 16.1. The molecule has 0 aromatic carbocycles. The molecule has 1 aliphatic heterocycles. The van der Waals surface area contributed by atoms with Gasteiger partial charge in [-0.1, -0.05) is 19.8 Å². The number of imidazole rings is 1. The summed E-state index contributed by atoms with van der Waals surface area (Å²) in [5.74, 6) is 2.35. The van der Waals surface area contributed by atoms with E-state index >= 15 is 0 Å². The van der Waals surface area contributed by atoms with Crippen LogP contribution in [0.1, 0.15) is 51.3 Å². The molecule has 1 amide bonds. The molecule has 0 unspecified atom stereocenters. The van der Waals surface area contributed by atoms with Crippen LogP contribution in [0.5, 0.6) is 0 Å². The van der Waals surface area contributed by atoms with Gasteiger partial charge in [-0.15, -0.1) is 0 Å². The molecule has 3 rings (SSSR count). The molecule has 1 N–H and O–H groups in total. The second-order valence-corrected chi connectivity index (χ2v) is 7.48. The van der Waals surface area contributed by atoms with E-state index in [0.29, 0.717) is 11.9 Å². The molecule has 1 aromatic rings. The Bertz CT molecular complexity index is 519. The summed E-state index contributed by atoms with van der Waals surface area (Å²) in [5, 5.41) is 3.31. The number of aryl methyl sites for hydroxylation is 1. The quantitative estimate of drug-likeness (QED) is 0.927. The Morgan fingerprint density at radius 1 is 1.30 bits per heavy atom. The zero-order valence-corrected chi connectivity index (χ0v) is 14.5. The number of carbonyl (C=O) groups is 1. The van der Waals surface area contributed by atoms with Crippen LogP contribution in [0.15, 0.2) is 12.4 Å². The van der Waals surface area contributed by atoms with Gasteiger partial charge in [0, 0.05) is 31.4 Å². The molecule has 0 spiro atoms. The molecular formula is C18H30N4O. The number of carbonyl (C=O) groups excluding carboxylic acids is 1. The van der Waals surface area contributed by atoms with E-state index in [-0.39, 0.29) is 5.92 Å². The summed E-state index contributed by atoms with van der Waals surface area (Å²) in [6.07, 6.45) is 10.7. The Kier molecular flexibility index (Phi) is 5.36. The maximum absolute atomic E-state index is 12.5. The van der Waals surface area contributed by atoms with Crippen molar-refractivity contribution >= 4 is 5.91 Å². The number of hydrogen-bond donors (Lipinski definition) is 1. The number of aromatic nitrogens is 2. The lowest BCUT2D eigenvalue weighted by atomic mass is 9.86. The molecule has 1 saturated carbocycles. The molecule has 1 saturated heterocycles. The highest BCUT2D eigenvalue weighted by Crippen LogP contribution is 2.25. The van der Waals surface area contributed by atoms with Gasteiger partial charge in [0.25, 0.3) is 0 Å². The number of hydrogen-bond acceptors (Lipinski definition) is 3. The largest absolute Gasteiger partial charge is 0.353 e. The lowest BCUT2D eigenvalue weighted by molar-refractivity contribution is -0.127. The van der Waals surface area contributed by atoms with Crippen molar-refractivity contribution in [2.45, 2.75) is 58.0 Å². The first kappa shape index (κ1) is 16.5. The van der Waals surface area contributed by atoms with Crippen molar-refractivity contribution in [1.82, 2.24) is 19.8 Å². The predicted molar refractivity (Wildman–Crippen MR) is 90.8 cm³/mol. The fourth-order valence-electron chi connectivity index (χ4n) is 3.99. The fourth-order valence-corrected chi connectivity index (χ4v) is 3.99. The molecule has 1 aromatic heterocycles. The minimum atomic E-state index is 0.199. The van der Waals surface area contributed by atoms with Gasteiger partial charge in [0.1, 0.15) is 5.82 Å². The van der Waals surface area contributed by atoms with Gasteiger partial charge < -0.3 is 9.88 Å².